The van der Waals surface area contributed by atoms with E-state index in [4.69, 9.17) is 9.47 Å². The Balaban J connectivity index is 1.34. The van der Waals surface area contributed by atoms with E-state index in [0.717, 1.165) is 53.5 Å². The van der Waals surface area contributed by atoms with Crippen LogP contribution in [0.3, 0.4) is 0 Å². The number of imide groups is 4. The van der Waals surface area contributed by atoms with E-state index in [-0.39, 0.29) is 48.6 Å². The molecule has 16 heteroatoms. The van der Waals surface area contributed by atoms with Crippen LogP contribution in [0, 0.1) is 0 Å². The number of nitrogens with zero attached hydrogens (tertiary/aromatic N) is 6. The van der Waals surface area contributed by atoms with Crippen LogP contribution in [0.15, 0.2) is 120 Å². The smallest absolute Gasteiger partial charge is 0.333 e. The van der Waals surface area contributed by atoms with Crippen molar-refractivity contribution in [2.24, 2.45) is 0 Å². The van der Waals surface area contributed by atoms with Crippen molar-refractivity contribution < 1.29 is 47.8 Å². The summed E-state index contributed by atoms with van der Waals surface area (Å²) in [5.41, 5.74) is 3.96. The summed E-state index contributed by atoms with van der Waals surface area (Å²) >= 11 is 0. The van der Waals surface area contributed by atoms with Gasteiger partial charge >= 0.3 is 24.0 Å². The van der Waals surface area contributed by atoms with Gasteiger partial charge in [-0.1, -0.05) is 77.3 Å². The first kappa shape index (κ1) is 46.2. The standard InChI is InChI=1S/C48H52N6O10/c1-29(2)43(59)63-27-25-53-41(57)31(39(55)49(9)45(53)61)19-21-37-47(5,6)33-15-11-13-17-35(33)51(37)23-24-52-36-18-14-12-16-34(36)48(7,8)38(52)22-20-32-40(56)50(10)46(62)54(42(32)58)26-28-64-44(60)30(3)4/h11-22H,1,3,23-28H2,2,4-10H3/b31-19+,32-20+,37-21+,38-22+. The van der Waals surface area contributed by atoms with Gasteiger partial charge in [-0.2, -0.15) is 0 Å². The van der Waals surface area contributed by atoms with Crippen LogP contribution in [-0.2, 0) is 49.1 Å². The van der Waals surface area contributed by atoms with Crippen molar-refractivity contribution in [2.75, 3.05) is 63.3 Å². The van der Waals surface area contributed by atoms with Crippen molar-refractivity contribution in [2.45, 2.75) is 52.4 Å². The zero-order valence-electron chi connectivity index (χ0n) is 37.4. The van der Waals surface area contributed by atoms with Crippen LogP contribution in [0.2, 0.25) is 0 Å². The van der Waals surface area contributed by atoms with Gasteiger partial charge in [0.05, 0.1) is 13.1 Å². The molecule has 6 rings (SSSR count). The summed E-state index contributed by atoms with van der Waals surface area (Å²) in [5.74, 6) is -4.54. The second kappa shape index (κ2) is 17.8. The molecule has 0 bridgehead atoms. The Morgan fingerprint density at radius 1 is 0.531 bits per heavy atom. The molecule has 0 radical (unpaired) electrons. The molecule has 8 amide bonds. The van der Waals surface area contributed by atoms with Gasteiger partial charge in [0, 0.05) is 71.9 Å². The number of urea groups is 2. The van der Waals surface area contributed by atoms with Gasteiger partial charge in [-0.15, -0.1) is 0 Å². The number of barbiturate groups is 2. The molecular weight excluding hydrogens is 821 g/mol. The third-order valence-corrected chi connectivity index (χ3v) is 11.8. The number of rotatable bonds is 13. The summed E-state index contributed by atoms with van der Waals surface area (Å²) in [6, 6.07) is 14.1. The first-order valence-corrected chi connectivity index (χ1v) is 20.6. The molecule has 16 nitrogen and oxygen atoms in total. The fourth-order valence-electron chi connectivity index (χ4n) is 8.22. The normalized spacial score (nSPS) is 20.6. The van der Waals surface area contributed by atoms with Gasteiger partial charge in [0.1, 0.15) is 24.4 Å². The molecule has 4 aliphatic rings. The maximum Gasteiger partial charge on any atom is 0.333 e. The number of carbonyl (C=O) groups excluding carboxylic acids is 8. The molecule has 2 aromatic carbocycles. The van der Waals surface area contributed by atoms with Crippen LogP contribution >= 0.6 is 0 Å². The number of anilines is 2. The van der Waals surface area contributed by atoms with Crippen molar-refractivity contribution in [1.29, 1.82) is 0 Å². The number of carbonyl (C=O) groups is 8. The highest BCUT2D eigenvalue weighted by Crippen LogP contribution is 2.50. The number of benzene rings is 2. The lowest BCUT2D eigenvalue weighted by Crippen LogP contribution is -2.55. The minimum absolute atomic E-state index is 0.159. The van der Waals surface area contributed by atoms with E-state index in [9.17, 15) is 38.4 Å². The summed E-state index contributed by atoms with van der Waals surface area (Å²) < 4.78 is 10.2. The second-order valence-corrected chi connectivity index (χ2v) is 16.9. The summed E-state index contributed by atoms with van der Waals surface area (Å²) in [6.07, 6.45) is 6.30. The predicted molar refractivity (Wildman–Crippen MR) is 237 cm³/mol. The van der Waals surface area contributed by atoms with Crippen molar-refractivity contribution in [3.63, 3.8) is 0 Å². The van der Waals surface area contributed by atoms with Crippen LogP contribution in [0.25, 0.3) is 0 Å². The molecule has 2 fully saturated rings. The van der Waals surface area contributed by atoms with Crippen LogP contribution in [-0.4, -0.2) is 121 Å². The van der Waals surface area contributed by atoms with Crippen LogP contribution in [0.4, 0.5) is 21.0 Å². The molecule has 0 aliphatic carbocycles. The average Bonchev–Trinajstić information content (AvgIpc) is 3.61. The largest absolute Gasteiger partial charge is 0.460 e. The Bertz CT molecular complexity index is 2370. The van der Waals surface area contributed by atoms with Crippen molar-refractivity contribution in [3.8, 4) is 0 Å². The summed E-state index contributed by atoms with van der Waals surface area (Å²) in [5, 5.41) is 0. The molecule has 0 saturated carbocycles. The summed E-state index contributed by atoms with van der Waals surface area (Å²) in [7, 11) is 2.56. The minimum Gasteiger partial charge on any atom is -0.460 e. The first-order valence-electron chi connectivity index (χ1n) is 20.6. The third-order valence-electron chi connectivity index (χ3n) is 11.8. The summed E-state index contributed by atoms with van der Waals surface area (Å²) in [4.78, 5) is 112. The Labute approximate surface area is 372 Å². The minimum atomic E-state index is -0.841. The molecule has 0 atom stereocenters. The van der Waals surface area contributed by atoms with Crippen LogP contribution < -0.4 is 9.80 Å². The lowest BCUT2D eigenvalue weighted by Gasteiger charge is -2.33. The Hall–Kier alpha value is -7.36. The maximum absolute atomic E-state index is 13.7. The SMILES string of the molecule is C=C(C)C(=O)OCCN1C(=O)/C(=C/C=C2/N(CCN3/C(=C/C=C4\C(=O)N(C)C(=O)N(CCOC(=O)C(=C)C)C4=O)C(C)(C)c4ccccc43)c3ccccc3C2(C)C)C(=O)N(C)C1=O. The highest BCUT2D eigenvalue weighted by Gasteiger charge is 2.45. The zero-order valence-corrected chi connectivity index (χ0v) is 37.4. The Morgan fingerprint density at radius 2 is 0.875 bits per heavy atom. The molecule has 0 aromatic heterocycles. The topological polar surface area (TPSA) is 174 Å². The number of amides is 8. The average molecular weight is 873 g/mol. The molecule has 2 aromatic rings. The number of esters is 2. The third kappa shape index (κ3) is 8.30. The molecule has 4 aliphatic heterocycles. The fourth-order valence-corrected chi connectivity index (χ4v) is 8.22. The monoisotopic (exact) mass is 872 g/mol. The van der Waals surface area contributed by atoms with Gasteiger partial charge in [-0.25, -0.2) is 19.2 Å². The van der Waals surface area contributed by atoms with Crippen molar-refractivity contribution in [3.05, 3.63) is 131 Å². The van der Waals surface area contributed by atoms with Gasteiger partial charge < -0.3 is 19.3 Å². The van der Waals surface area contributed by atoms with E-state index in [0.29, 0.717) is 13.1 Å². The predicted octanol–water partition coefficient (Wildman–Crippen LogP) is 5.28. The number of allylic oxidation sites excluding steroid dienone is 6. The Morgan fingerprint density at radius 3 is 1.22 bits per heavy atom. The quantitative estimate of drug-likeness (QED) is 0.145. The lowest BCUT2D eigenvalue weighted by atomic mass is 9.83. The molecule has 334 valence electrons. The molecule has 0 N–H and O–H groups in total. The highest BCUT2D eigenvalue weighted by atomic mass is 16.5. The fraction of sp³-hybridized carbons (Fsp3) is 0.333. The molecule has 4 heterocycles. The Kier molecular flexibility index (Phi) is 12.8. The van der Waals surface area contributed by atoms with E-state index in [1.54, 1.807) is 12.2 Å². The van der Waals surface area contributed by atoms with E-state index in [2.05, 4.69) is 23.0 Å². The highest BCUT2D eigenvalue weighted by molar-refractivity contribution is 6.29. The number of fused-ring (bicyclic) bond motifs is 2. The molecule has 0 unspecified atom stereocenters. The van der Waals surface area contributed by atoms with Crippen LogP contribution in [0.1, 0.15) is 52.7 Å². The number of ether oxygens (including phenoxy) is 2. The molecule has 2 saturated heterocycles. The van der Waals surface area contributed by atoms with E-state index < -0.39 is 58.5 Å². The van der Waals surface area contributed by atoms with E-state index in [1.807, 2.05) is 76.2 Å². The number of para-hydroxylation sites is 2. The molecule has 64 heavy (non-hydrogen) atoms. The molecular formula is C48H52N6O10. The summed E-state index contributed by atoms with van der Waals surface area (Å²) in [6.45, 7) is 17.9. The number of hydrogen-bond acceptors (Lipinski definition) is 12. The maximum atomic E-state index is 13.7. The first-order chi connectivity index (χ1) is 30.1. The van der Waals surface area contributed by atoms with Gasteiger partial charge in [0.25, 0.3) is 23.6 Å². The van der Waals surface area contributed by atoms with Gasteiger partial charge in [0.2, 0.25) is 0 Å². The zero-order chi connectivity index (χ0) is 47.0. The van der Waals surface area contributed by atoms with Crippen LogP contribution in [0.5, 0.6) is 0 Å². The molecule has 0 spiro atoms. The van der Waals surface area contributed by atoms with Gasteiger partial charge in [0.15, 0.2) is 0 Å². The van der Waals surface area contributed by atoms with Crippen molar-refractivity contribution in [1.82, 2.24) is 19.6 Å². The number of hydrogen-bond donors (Lipinski definition) is 0. The van der Waals surface area contributed by atoms with Gasteiger partial charge in [-0.3, -0.25) is 38.8 Å². The van der Waals surface area contributed by atoms with E-state index >= 15 is 0 Å². The second-order valence-electron chi connectivity index (χ2n) is 16.9. The van der Waals surface area contributed by atoms with Gasteiger partial charge in [-0.05, 0) is 61.4 Å². The lowest BCUT2D eigenvalue weighted by molar-refractivity contribution is -0.142. The van der Waals surface area contributed by atoms with Crippen molar-refractivity contribution >= 4 is 59.0 Å². The van der Waals surface area contributed by atoms with E-state index in [1.165, 1.54) is 40.1 Å². The number of likely N-dealkylation sites (N-methyl/N-ethyl adjacent to an activating group) is 2.